The summed E-state index contributed by atoms with van der Waals surface area (Å²) in [6, 6.07) is 6.84. The van der Waals surface area contributed by atoms with E-state index in [0.29, 0.717) is 33.9 Å². The summed E-state index contributed by atoms with van der Waals surface area (Å²) < 4.78 is 52.5. The lowest BCUT2D eigenvalue weighted by Crippen LogP contribution is -2.53. The molecular formula is C24H27ClF2N2O4S2. The number of hydrogen-bond donors (Lipinski definition) is 3. The molecule has 6 nitrogen and oxygen atoms in total. The molecule has 2 saturated carbocycles. The van der Waals surface area contributed by atoms with Gasteiger partial charge in [-0.2, -0.15) is 0 Å². The maximum absolute atomic E-state index is 13.6. The monoisotopic (exact) mass is 544 g/mol. The van der Waals surface area contributed by atoms with E-state index in [4.69, 9.17) is 11.6 Å². The smallest absolute Gasteiger partial charge is 0.255 e. The fourth-order valence-corrected chi connectivity index (χ4v) is 7.27. The number of aliphatic hydroxyl groups is 1. The lowest BCUT2D eigenvalue weighted by molar-refractivity contribution is -0.0519. The Labute approximate surface area is 212 Å². The first-order valence-electron chi connectivity index (χ1n) is 11.3. The molecule has 4 rings (SSSR count). The Hall–Kier alpha value is -1.72. The lowest BCUT2D eigenvalue weighted by atomic mass is 9.74. The average molecular weight is 545 g/mol. The summed E-state index contributed by atoms with van der Waals surface area (Å²) in [7, 11) is -3.40. The zero-order valence-corrected chi connectivity index (χ0v) is 21.7. The van der Waals surface area contributed by atoms with Gasteiger partial charge in [-0.1, -0.05) is 11.6 Å². The minimum Gasteiger partial charge on any atom is -0.388 e. The van der Waals surface area contributed by atoms with E-state index in [0.717, 1.165) is 31.2 Å². The molecule has 2 aromatic carbocycles. The molecule has 0 radical (unpaired) electrons. The first-order valence-corrected chi connectivity index (χ1v) is 14.4. The van der Waals surface area contributed by atoms with Gasteiger partial charge in [-0.3, -0.25) is 4.79 Å². The van der Waals surface area contributed by atoms with Crippen LogP contribution in [0, 0.1) is 30.4 Å². The summed E-state index contributed by atoms with van der Waals surface area (Å²) in [5, 5.41) is 14.5. The average Bonchev–Trinajstić information content (AvgIpc) is 2.93. The van der Waals surface area contributed by atoms with Gasteiger partial charge < -0.3 is 10.4 Å². The van der Waals surface area contributed by atoms with Gasteiger partial charge in [0.1, 0.15) is 0 Å². The van der Waals surface area contributed by atoms with Gasteiger partial charge in [0.2, 0.25) is 10.0 Å². The van der Waals surface area contributed by atoms with E-state index in [-0.39, 0.29) is 29.3 Å². The van der Waals surface area contributed by atoms with Crippen LogP contribution in [-0.2, 0) is 10.0 Å². The predicted molar refractivity (Wildman–Crippen MR) is 133 cm³/mol. The van der Waals surface area contributed by atoms with Crippen LogP contribution in [-0.4, -0.2) is 43.1 Å². The number of amides is 1. The van der Waals surface area contributed by atoms with Crippen LogP contribution in [0.3, 0.4) is 0 Å². The van der Waals surface area contributed by atoms with E-state index in [9.17, 15) is 27.1 Å². The third kappa shape index (κ3) is 5.83. The number of sulfonamides is 1. The fraction of sp³-hybridized carbons (Fsp3) is 0.458. The molecule has 2 fully saturated rings. The molecule has 0 aromatic heterocycles. The van der Waals surface area contributed by atoms with Crippen molar-refractivity contribution in [3.8, 4) is 0 Å². The van der Waals surface area contributed by atoms with E-state index in [2.05, 4.69) is 10.0 Å². The summed E-state index contributed by atoms with van der Waals surface area (Å²) in [4.78, 5) is 13.5. The summed E-state index contributed by atoms with van der Waals surface area (Å²) in [5.41, 5.74) is -0.151. The van der Waals surface area contributed by atoms with E-state index in [1.165, 1.54) is 11.8 Å². The summed E-state index contributed by atoms with van der Waals surface area (Å²) in [5.74, 6) is -2.56. The molecule has 3 unspecified atom stereocenters. The number of thioether (sulfide) groups is 1. The normalized spacial score (nSPS) is 26.1. The first kappa shape index (κ1) is 26.3. The number of halogens is 3. The molecular weight excluding hydrogens is 518 g/mol. The molecule has 2 aromatic rings. The molecule has 2 aliphatic rings. The Morgan fingerprint density at radius 2 is 1.80 bits per heavy atom. The van der Waals surface area contributed by atoms with Crippen LogP contribution in [0.1, 0.15) is 41.6 Å². The van der Waals surface area contributed by atoms with Gasteiger partial charge in [0.25, 0.3) is 5.91 Å². The number of benzene rings is 2. The van der Waals surface area contributed by atoms with Gasteiger partial charge in [-0.15, -0.1) is 11.8 Å². The van der Waals surface area contributed by atoms with Crippen LogP contribution >= 0.6 is 23.4 Å². The second-order valence-electron chi connectivity index (χ2n) is 9.45. The highest BCUT2D eigenvalue weighted by molar-refractivity contribution is 8.00. The van der Waals surface area contributed by atoms with Gasteiger partial charge in [0.15, 0.2) is 11.6 Å². The SMILES string of the molecule is Cc1cc(F)c(F)cc1NC(=O)c1ccc(Cl)c(SC2CC3CC[C@@H](C2)C3(O)CNS(C)(=O)=O)c1. The topological polar surface area (TPSA) is 95.5 Å². The number of fused-ring (bicyclic) bond motifs is 2. The Kier molecular flexibility index (Phi) is 7.51. The van der Waals surface area contributed by atoms with Gasteiger partial charge in [-0.05, 0) is 74.3 Å². The number of nitrogens with one attached hydrogen (secondary N) is 2. The van der Waals surface area contributed by atoms with Crippen molar-refractivity contribution in [3.63, 3.8) is 0 Å². The Morgan fingerprint density at radius 1 is 1.17 bits per heavy atom. The number of aryl methyl sites for hydroxylation is 1. The van der Waals surface area contributed by atoms with E-state index in [1.807, 2.05) is 0 Å². The third-order valence-corrected chi connectivity index (χ3v) is 9.41. The first-order chi connectivity index (χ1) is 16.4. The Morgan fingerprint density at radius 3 is 2.43 bits per heavy atom. The van der Waals surface area contributed by atoms with Crippen molar-refractivity contribution in [2.24, 2.45) is 11.8 Å². The zero-order chi connectivity index (χ0) is 25.5. The van der Waals surface area contributed by atoms with Gasteiger partial charge >= 0.3 is 0 Å². The molecule has 11 heteroatoms. The molecule has 190 valence electrons. The molecule has 35 heavy (non-hydrogen) atoms. The molecule has 0 saturated heterocycles. The summed E-state index contributed by atoms with van der Waals surface area (Å²) >= 11 is 7.96. The number of rotatable bonds is 7. The standard InChI is InChI=1S/C24H27ClF2N2O4S2/c1-13-7-19(26)20(27)11-21(13)29-23(30)14-3-6-18(25)22(8-14)34-17-9-15-4-5-16(10-17)24(15,31)12-28-35(2,32)33/h3,6-8,11,15-17,28,31H,4-5,9-10,12H2,1-2H3,(H,29,30)/t15-,16?,17?,24?/m0/s1. The second kappa shape index (κ2) is 9.97. The van der Waals surface area contributed by atoms with Crippen LogP contribution in [0.5, 0.6) is 0 Å². The van der Waals surface area contributed by atoms with Crippen LogP contribution in [0.15, 0.2) is 35.2 Å². The second-order valence-corrected chi connectivity index (χ2v) is 13.0. The summed E-state index contributed by atoms with van der Waals surface area (Å²) in [6.45, 7) is 1.59. The van der Waals surface area contributed by atoms with Crippen LogP contribution < -0.4 is 10.0 Å². The quantitative estimate of drug-likeness (QED) is 0.468. The van der Waals surface area contributed by atoms with Crippen LogP contribution in [0.2, 0.25) is 5.02 Å². The molecule has 2 aliphatic carbocycles. The minimum atomic E-state index is -3.40. The largest absolute Gasteiger partial charge is 0.388 e. The van der Waals surface area contributed by atoms with Crippen molar-refractivity contribution in [1.82, 2.24) is 4.72 Å². The van der Waals surface area contributed by atoms with E-state index < -0.39 is 33.2 Å². The Bertz CT molecular complexity index is 1240. The number of carbonyl (C=O) groups excluding carboxylic acids is 1. The number of carbonyl (C=O) groups is 1. The number of anilines is 1. The highest BCUT2D eigenvalue weighted by atomic mass is 35.5. The van der Waals surface area contributed by atoms with Crippen molar-refractivity contribution in [2.45, 2.75) is 48.4 Å². The highest BCUT2D eigenvalue weighted by Crippen LogP contribution is 2.53. The molecule has 1 amide bonds. The summed E-state index contributed by atoms with van der Waals surface area (Å²) in [6.07, 6.45) is 4.13. The van der Waals surface area contributed by atoms with Crippen molar-refractivity contribution in [2.75, 3.05) is 18.1 Å². The molecule has 2 bridgehead atoms. The van der Waals surface area contributed by atoms with Crippen molar-refractivity contribution in [1.29, 1.82) is 0 Å². The maximum atomic E-state index is 13.6. The molecule has 4 atom stereocenters. The molecule has 3 N–H and O–H groups in total. The van der Waals surface area contributed by atoms with Crippen molar-refractivity contribution < 1.29 is 27.1 Å². The van der Waals surface area contributed by atoms with Crippen LogP contribution in [0.25, 0.3) is 0 Å². The molecule has 0 aliphatic heterocycles. The highest BCUT2D eigenvalue weighted by Gasteiger charge is 2.53. The molecule has 0 heterocycles. The van der Waals surface area contributed by atoms with Crippen LogP contribution in [0.4, 0.5) is 14.5 Å². The van der Waals surface area contributed by atoms with Gasteiger partial charge in [-0.25, -0.2) is 21.9 Å². The fourth-order valence-electron chi connectivity index (χ4n) is 5.13. The van der Waals surface area contributed by atoms with Crippen molar-refractivity contribution in [3.05, 3.63) is 58.1 Å². The van der Waals surface area contributed by atoms with Gasteiger partial charge in [0, 0.05) is 34.0 Å². The van der Waals surface area contributed by atoms with Gasteiger partial charge in [0.05, 0.1) is 16.9 Å². The lowest BCUT2D eigenvalue weighted by Gasteiger charge is -2.42. The predicted octanol–water partition coefficient (Wildman–Crippen LogP) is 4.74. The Balaban J connectivity index is 1.46. The zero-order valence-electron chi connectivity index (χ0n) is 19.3. The van der Waals surface area contributed by atoms with Crippen molar-refractivity contribution >= 4 is 45.0 Å². The minimum absolute atomic E-state index is 0.0123. The van der Waals surface area contributed by atoms with E-state index >= 15 is 0 Å². The number of hydrogen-bond acceptors (Lipinski definition) is 5. The van der Waals surface area contributed by atoms with E-state index in [1.54, 1.807) is 25.1 Å². The molecule has 0 spiro atoms. The maximum Gasteiger partial charge on any atom is 0.255 e. The third-order valence-electron chi connectivity index (χ3n) is 6.99.